The highest BCUT2D eigenvalue weighted by atomic mass is 16.4. The largest absolute Gasteiger partial charge is 0.478 e. The van der Waals surface area contributed by atoms with Crippen LogP contribution < -0.4 is 11.1 Å². The van der Waals surface area contributed by atoms with Crippen LogP contribution in [0.25, 0.3) is 0 Å². The van der Waals surface area contributed by atoms with Gasteiger partial charge in [0.2, 0.25) is 5.91 Å². The van der Waals surface area contributed by atoms with Crippen LogP contribution in [0.5, 0.6) is 0 Å². The van der Waals surface area contributed by atoms with Gasteiger partial charge in [-0.3, -0.25) is 4.79 Å². The number of aromatic carboxylic acids is 1. The van der Waals surface area contributed by atoms with Crippen LogP contribution >= 0.6 is 0 Å². The Kier molecular flexibility index (Phi) is 4.85. The first-order valence-electron chi connectivity index (χ1n) is 5.80. The monoisotopic (exact) mass is 250 g/mol. The Morgan fingerprint density at radius 1 is 1.28 bits per heavy atom. The fourth-order valence-corrected chi connectivity index (χ4v) is 1.55. The van der Waals surface area contributed by atoms with Crippen LogP contribution in [-0.2, 0) is 4.79 Å². The molecule has 0 aliphatic heterocycles. The lowest BCUT2D eigenvalue weighted by Gasteiger charge is -2.14. The third-order valence-corrected chi connectivity index (χ3v) is 2.46. The van der Waals surface area contributed by atoms with Gasteiger partial charge in [0.25, 0.3) is 0 Å². The summed E-state index contributed by atoms with van der Waals surface area (Å²) in [5, 5.41) is 11.4. The lowest BCUT2D eigenvalue weighted by molar-refractivity contribution is -0.117. The lowest BCUT2D eigenvalue weighted by atomic mass is 10.0. The number of nitrogens with two attached hydrogens (primary N) is 1. The number of anilines is 1. The van der Waals surface area contributed by atoms with Crippen molar-refractivity contribution >= 4 is 17.6 Å². The average Bonchev–Trinajstić information content (AvgIpc) is 2.28. The molecule has 0 spiro atoms. The van der Waals surface area contributed by atoms with Crippen molar-refractivity contribution < 1.29 is 14.7 Å². The van der Waals surface area contributed by atoms with Gasteiger partial charge >= 0.3 is 5.97 Å². The summed E-state index contributed by atoms with van der Waals surface area (Å²) in [6.07, 6.45) is 0.610. The van der Waals surface area contributed by atoms with Gasteiger partial charge in [-0.05, 0) is 36.6 Å². The molecule has 0 aliphatic rings. The summed E-state index contributed by atoms with van der Waals surface area (Å²) in [5.74, 6) is -0.906. The number of amides is 1. The summed E-state index contributed by atoms with van der Waals surface area (Å²) in [7, 11) is 0. The van der Waals surface area contributed by atoms with Gasteiger partial charge in [0, 0.05) is 5.69 Å². The number of hydrogen-bond acceptors (Lipinski definition) is 3. The second-order valence-electron chi connectivity index (χ2n) is 4.61. The molecule has 0 fully saturated rings. The molecule has 0 saturated heterocycles. The number of rotatable bonds is 5. The van der Waals surface area contributed by atoms with Gasteiger partial charge in [0.15, 0.2) is 0 Å². The minimum atomic E-state index is -0.996. The van der Waals surface area contributed by atoms with E-state index in [9.17, 15) is 9.59 Å². The fourth-order valence-electron chi connectivity index (χ4n) is 1.55. The van der Waals surface area contributed by atoms with Crippen molar-refractivity contribution in [3.8, 4) is 0 Å². The van der Waals surface area contributed by atoms with Gasteiger partial charge in [-0.2, -0.15) is 0 Å². The summed E-state index contributed by atoms with van der Waals surface area (Å²) < 4.78 is 0. The van der Waals surface area contributed by atoms with E-state index in [1.807, 2.05) is 13.8 Å². The molecule has 1 unspecified atom stereocenters. The zero-order chi connectivity index (χ0) is 13.7. The molecule has 98 valence electrons. The normalized spacial score (nSPS) is 12.2. The first-order valence-corrected chi connectivity index (χ1v) is 5.80. The molecule has 4 N–H and O–H groups in total. The molecule has 0 aromatic heterocycles. The number of benzene rings is 1. The zero-order valence-electron chi connectivity index (χ0n) is 10.5. The van der Waals surface area contributed by atoms with Gasteiger partial charge in [-0.15, -0.1) is 0 Å². The van der Waals surface area contributed by atoms with Crippen molar-refractivity contribution in [2.75, 3.05) is 5.32 Å². The van der Waals surface area contributed by atoms with Gasteiger partial charge in [-0.1, -0.05) is 13.8 Å². The fraction of sp³-hybridized carbons (Fsp3) is 0.385. The molecule has 0 radical (unpaired) electrons. The van der Waals surface area contributed by atoms with Crippen molar-refractivity contribution in [2.24, 2.45) is 11.7 Å². The number of carbonyl (C=O) groups excluding carboxylic acids is 1. The molecular weight excluding hydrogens is 232 g/mol. The van der Waals surface area contributed by atoms with E-state index in [0.717, 1.165) is 0 Å². The van der Waals surface area contributed by atoms with Crippen molar-refractivity contribution in [1.29, 1.82) is 0 Å². The van der Waals surface area contributed by atoms with Crippen LogP contribution in [0, 0.1) is 5.92 Å². The third kappa shape index (κ3) is 4.18. The predicted molar refractivity (Wildman–Crippen MR) is 69.5 cm³/mol. The minimum Gasteiger partial charge on any atom is -0.478 e. The Hall–Kier alpha value is -1.88. The van der Waals surface area contributed by atoms with E-state index in [1.165, 1.54) is 12.1 Å². The molecule has 0 bridgehead atoms. The van der Waals surface area contributed by atoms with Crippen LogP contribution in [0.2, 0.25) is 0 Å². The molecule has 5 heteroatoms. The highest BCUT2D eigenvalue weighted by Crippen LogP contribution is 2.11. The SMILES string of the molecule is CC(C)CC(N)C(=O)Nc1ccc(C(=O)O)cc1. The van der Waals surface area contributed by atoms with Crippen LogP contribution in [0.3, 0.4) is 0 Å². The first kappa shape index (κ1) is 14.2. The molecule has 1 amide bonds. The van der Waals surface area contributed by atoms with E-state index in [1.54, 1.807) is 12.1 Å². The smallest absolute Gasteiger partial charge is 0.335 e. The van der Waals surface area contributed by atoms with Crippen molar-refractivity contribution in [3.63, 3.8) is 0 Å². The minimum absolute atomic E-state index is 0.180. The van der Waals surface area contributed by atoms with Crippen molar-refractivity contribution in [1.82, 2.24) is 0 Å². The van der Waals surface area contributed by atoms with E-state index >= 15 is 0 Å². The summed E-state index contributed by atoms with van der Waals surface area (Å²) in [6.45, 7) is 3.99. The Morgan fingerprint density at radius 3 is 2.28 bits per heavy atom. The highest BCUT2D eigenvalue weighted by molar-refractivity contribution is 5.95. The van der Waals surface area contributed by atoms with Gasteiger partial charge < -0.3 is 16.2 Å². The molecular formula is C13H18N2O3. The highest BCUT2D eigenvalue weighted by Gasteiger charge is 2.15. The standard InChI is InChI=1S/C13H18N2O3/c1-8(2)7-11(14)12(16)15-10-5-3-9(4-6-10)13(17)18/h3-6,8,11H,7,14H2,1-2H3,(H,15,16)(H,17,18). The average molecular weight is 250 g/mol. The molecule has 0 saturated carbocycles. The topological polar surface area (TPSA) is 92.4 Å². The van der Waals surface area contributed by atoms with Crippen molar-refractivity contribution in [2.45, 2.75) is 26.3 Å². The van der Waals surface area contributed by atoms with Crippen molar-refractivity contribution in [3.05, 3.63) is 29.8 Å². The van der Waals surface area contributed by atoms with Gasteiger partial charge in [-0.25, -0.2) is 4.79 Å². The van der Waals surface area contributed by atoms with Crippen LogP contribution in [0.1, 0.15) is 30.6 Å². The second kappa shape index (κ2) is 6.16. The van der Waals surface area contributed by atoms with Crippen LogP contribution in [0.15, 0.2) is 24.3 Å². The summed E-state index contributed by atoms with van der Waals surface area (Å²) in [5.41, 5.74) is 6.46. The summed E-state index contributed by atoms with van der Waals surface area (Å²) in [6, 6.07) is 5.41. The maximum absolute atomic E-state index is 11.7. The van der Waals surface area contributed by atoms with E-state index in [2.05, 4.69) is 5.32 Å². The number of carbonyl (C=O) groups is 2. The van der Waals surface area contributed by atoms with Crippen LogP contribution in [0.4, 0.5) is 5.69 Å². The number of hydrogen-bond donors (Lipinski definition) is 3. The van der Waals surface area contributed by atoms with E-state index < -0.39 is 12.0 Å². The maximum atomic E-state index is 11.7. The Morgan fingerprint density at radius 2 is 1.83 bits per heavy atom. The van der Waals surface area contributed by atoms with Gasteiger partial charge in [0.1, 0.15) is 0 Å². The predicted octanol–water partition coefficient (Wildman–Crippen LogP) is 1.70. The molecule has 18 heavy (non-hydrogen) atoms. The van der Waals surface area contributed by atoms with Crippen LogP contribution in [-0.4, -0.2) is 23.0 Å². The summed E-state index contributed by atoms with van der Waals surface area (Å²) >= 11 is 0. The quantitative estimate of drug-likeness (QED) is 0.741. The lowest BCUT2D eigenvalue weighted by Crippen LogP contribution is -2.36. The molecule has 0 aliphatic carbocycles. The number of carboxylic acids is 1. The molecule has 1 rings (SSSR count). The Labute approximate surface area is 106 Å². The summed E-state index contributed by atoms with van der Waals surface area (Å²) in [4.78, 5) is 22.4. The number of carboxylic acid groups (broad SMARTS) is 1. The Bertz CT molecular complexity index is 426. The van der Waals surface area contributed by atoms with E-state index in [4.69, 9.17) is 10.8 Å². The third-order valence-electron chi connectivity index (χ3n) is 2.46. The maximum Gasteiger partial charge on any atom is 0.335 e. The first-order chi connectivity index (χ1) is 8.40. The molecule has 1 aromatic carbocycles. The molecule has 5 nitrogen and oxygen atoms in total. The number of nitrogens with one attached hydrogen (secondary N) is 1. The Balaban J connectivity index is 2.62. The van der Waals surface area contributed by atoms with E-state index in [-0.39, 0.29) is 11.5 Å². The zero-order valence-corrected chi connectivity index (χ0v) is 10.5. The second-order valence-corrected chi connectivity index (χ2v) is 4.61. The molecule has 1 atom stereocenters. The van der Waals surface area contributed by atoms with Gasteiger partial charge in [0.05, 0.1) is 11.6 Å². The molecule has 1 aromatic rings. The molecule has 0 heterocycles. The van der Waals surface area contributed by atoms with E-state index in [0.29, 0.717) is 18.0 Å².